The van der Waals surface area contributed by atoms with E-state index in [2.05, 4.69) is 24.3 Å². The number of carbonyl (C=O) groups is 2. The zero-order valence-electron chi connectivity index (χ0n) is 13.6. The van der Waals surface area contributed by atoms with E-state index in [0.717, 1.165) is 38.5 Å². The molecule has 0 spiro atoms. The number of Topliss-reactive ketones (excluding diaryl/α,β-unsaturated/α-hetero) is 2. The Morgan fingerprint density at radius 1 is 0.545 bits per heavy atom. The molecule has 2 heteroatoms. The highest BCUT2D eigenvalue weighted by Gasteiger charge is 2.07. The summed E-state index contributed by atoms with van der Waals surface area (Å²) in [4.78, 5) is 23.6. The van der Waals surface area contributed by atoms with Crippen LogP contribution >= 0.6 is 0 Å². The summed E-state index contributed by atoms with van der Waals surface area (Å²) in [6.45, 7) is 0. The van der Waals surface area contributed by atoms with Gasteiger partial charge in [0.2, 0.25) is 0 Å². The van der Waals surface area contributed by atoms with Gasteiger partial charge < -0.3 is 0 Å². The van der Waals surface area contributed by atoms with Gasteiger partial charge in [0.15, 0.2) is 0 Å². The number of hydrogen-bond acceptors (Lipinski definition) is 2. The number of ketones is 2. The van der Waals surface area contributed by atoms with Crippen molar-refractivity contribution in [3.05, 3.63) is 35.4 Å². The molecule has 2 rings (SSSR count). The van der Waals surface area contributed by atoms with Crippen LogP contribution in [0.15, 0.2) is 24.3 Å². The molecule has 0 heterocycles. The van der Waals surface area contributed by atoms with Gasteiger partial charge in [-0.15, -0.1) is 0 Å². The summed E-state index contributed by atoms with van der Waals surface area (Å²) >= 11 is 0. The van der Waals surface area contributed by atoms with E-state index in [1.807, 2.05) is 0 Å². The van der Waals surface area contributed by atoms with Gasteiger partial charge in [-0.1, -0.05) is 37.1 Å². The van der Waals surface area contributed by atoms with E-state index in [4.69, 9.17) is 0 Å². The molecule has 1 aromatic rings. The third kappa shape index (κ3) is 6.55. The maximum absolute atomic E-state index is 11.9. The number of benzene rings is 1. The molecule has 2 nitrogen and oxygen atoms in total. The second-order valence-corrected chi connectivity index (χ2v) is 6.52. The second kappa shape index (κ2) is 9.55. The normalized spacial score (nSPS) is 19.6. The van der Waals surface area contributed by atoms with Gasteiger partial charge >= 0.3 is 0 Å². The lowest BCUT2D eigenvalue weighted by molar-refractivity contribution is -0.120. The molecule has 0 atom stereocenters. The van der Waals surface area contributed by atoms with E-state index in [9.17, 15) is 9.59 Å². The van der Waals surface area contributed by atoms with Gasteiger partial charge in [-0.3, -0.25) is 9.59 Å². The van der Waals surface area contributed by atoms with Crippen LogP contribution < -0.4 is 0 Å². The third-order valence-corrected chi connectivity index (χ3v) is 4.49. The quantitative estimate of drug-likeness (QED) is 0.688. The molecule has 120 valence electrons. The van der Waals surface area contributed by atoms with Gasteiger partial charge in [-0.05, 0) is 49.7 Å². The SMILES string of the molecule is O=C1CCCCCCc2cccc(c2)CCCC(=O)CCC1. The Bertz CT molecular complexity index is 490. The Labute approximate surface area is 134 Å². The van der Waals surface area contributed by atoms with E-state index < -0.39 is 0 Å². The van der Waals surface area contributed by atoms with Crippen LogP contribution in [0.4, 0.5) is 0 Å². The maximum Gasteiger partial charge on any atom is 0.132 e. The zero-order chi connectivity index (χ0) is 15.6. The van der Waals surface area contributed by atoms with E-state index in [0.29, 0.717) is 37.2 Å². The van der Waals surface area contributed by atoms with Gasteiger partial charge in [0, 0.05) is 25.7 Å². The summed E-state index contributed by atoms with van der Waals surface area (Å²) in [7, 11) is 0. The Balaban J connectivity index is 1.90. The van der Waals surface area contributed by atoms with E-state index in [1.165, 1.54) is 24.0 Å². The third-order valence-electron chi connectivity index (χ3n) is 4.49. The standard InChI is InChI=1S/C20H28O2/c21-19-12-4-2-1-3-8-17-9-5-10-18(16-17)11-6-13-20(22)15-7-14-19/h5,9-10,16H,1-4,6-8,11-15H2. The van der Waals surface area contributed by atoms with Crippen molar-refractivity contribution in [2.45, 2.75) is 77.0 Å². The minimum Gasteiger partial charge on any atom is -0.300 e. The highest BCUT2D eigenvalue weighted by atomic mass is 16.1. The van der Waals surface area contributed by atoms with Crippen LogP contribution in [0.1, 0.15) is 75.3 Å². The highest BCUT2D eigenvalue weighted by Crippen LogP contribution is 2.15. The van der Waals surface area contributed by atoms with Crippen LogP contribution in [0.3, 0.4) is 0 Å². The minimum atomic E-state index is 0.313. The number of fused-ring (bicyclic) bond motifs is 2. The fourth-order valence-corrected chi connectivity index (χ4v) is 3.17. The van der Waals surface area contributed by atoms with Crippen LogP contribution in [-0.2, 0) is 22.4 Å². The molecule has 1 aliphatic carbocycles. The first kappa shape index (κ1) is 16.9. The first-order chi connectivity index (χ1) is 10.7. The lowest BCUT2D eigenvalue weighted by atomic mass is 10.0. The van der Waals surface area contributed by atoms with Crippen molar-refractivity contribution in [1.82, 2.24) is 0 Å². The molecule has 0 aromatic heterocycles. The molecule has 2 bridgehead atoms. The molecule has 22 heavy (non-hydrogen) atoms. The molecule has 0 fully saturated rings. The van der Waals surface area contributed by atoms with Crippen LogP contribution in [0, 0.1) is 0 Å². The molecule has 0 unspecified atom stereocenters. The van der Waals surface area contributed by atoms with Gasteiger partial charge in [0.25, 0.3) is 0 Å². The lowest BCUT2D eigenvalue weighted by Gasteiger charge is -2.05. The minimum absolute atomic E-state index is 0.313. The van der Waals surface area contributed by atoms with Gasteiger partial charge in [0.05, 0.1) is 0 Å². The maximum atomic E-state index is 11.9. The van der Waals surface area contributed by atoms with E-state index in [-0.39, 0.29) is 0 Å². The number of carbonyl (C=O) groups excluding carboxylic acids is 2. The summed E-state index contributed by atoms with van der Waals surface area (Å²) in [5.41, 5.74) is 2.76. The molecule has 1 aliphatic rings. The predicted octanol–water partition coefficient (Wildman–Crippen LogP) is 4.82. The average Bonchev–Trinajstić information content (AvgIpc) is 2.50. The fourth-order valence-electron chi connectivity index (χ4n) is 3.17. The number of rotatable bonds is 0. The van der Waals surface area contributed by atoms with Crippen molar-refractivity contribution >= 4 is 11.6 Å². The lowest BCUT2D eigenvalue weighted by Crippen LogP contribution is -2.02. The van der Waals surface area contributed by atoms with E-state index >= 15 is 0 Å². The van der Waals surface area contributed by atoms with Crippen molar-refractivity contribution < 1.29 is 9.59 Å². The van der Waals surface area contributed by atoms with Gasteiger partial charge in [-0.2, -0.15) is 0 Å². The predicted molar refractivity (Wildman–Crippen MR) is 90.0 cm³/mol. The van der Waals surface area contributed by atoms with Crippen molar-refractivity contribution in [2.24, 2.45) is 0 Å². The summed E-state index contributed by atoms with van der Waals surface area (Å²) in [5, 5.41) is 0. The summed E-state index contributed by atoms with van der Waals surface area (Å²) in [5.74, 6) is 0.650. The highest BCUT2D eigenvalue weighted by molar-refractivity contribution is 5.81. The second-order valence-electron chi connectivity index (χ2n) is 6.52. The Hall–Kier alpha value is -1.44. The van der Waals surface area contributed by atoms with Gasteiger partial charge in [-0.25, -0.2) is 0 Å². The molecule has 0 amide bonds. The van der Waals surface area contributed by atoms with Crippen molar-refractivity contribution in [2.75, 3.05) is 0 Å². The van der Waals surface area contributed by atoms with Crippen molar-refractivity contribution in [1.29, 1.82) is 0 Å². The number of hydrogen-bond donors (Lipinski definition) is 0. The first-order valence-electron chi connectivity index (χ1n) is 8.85. The smallest absolute Gasteiger partial charge is 0.132 e. The van der Waals surface area contributed by atoms with Crippen molar-refractivity contribution in [3.8, 4) is 0 Å². The summed E-state index contributed by atoms with van der Waals surface area (Å²) in [6, 6.07) is 8.80. The molecule has 0 saturated carbocycles. The first-order valence-corrected chi connectivity index (χ1v) is 8.85. The van der Waals surface area contributed by atoms with E-state index in [1.54, 1.807) is 0 Å². The van der Waals surface area contributed by atoms with Crippen LogP contribution in [0.2, 0.25) is 0 Å². The Kier molecular flexibility index (Phi) is 7.35. The molecule has 0 saturated heterocycles. The van der Waals surface area contributed by atoms with Crippen LogP contribution in [0.5, 0.6) is 0 Å². The molecule has 0 N–H and O–H groups in total. The fraction of sp³-hybridized carbons (Fsp3) is 0.600. The molecular weight excluding hydrogens is 272 g/mol. The molecule has 1 aromatic carbocycles. The number of aryl methyl sites for hydroxylation is 2. The molecular formula is C20H28O2. The molecule has 0 aliphatic heterocycles. The monoisotopic (exact) mass is 300 g/mol. The van der Waals surface area contributed by atoms with Gasteiger partial charge in [0.1, 0.15) is 11.6 Å². The topological polar surface area (TPSA) is 34.1 Å². The summed E-state index contributed by atoms with van der Waals surface area (Å²) in [6.07, 6.45) is 10.9. The Morgan fingerprint density at radius 3 is 1.64 bits per heavy atom. The van der Waals surface area contributed by atoms with Crippen LogP contribution in [0.25, 0.3) is 0 Å². The average molecular weight is 300 g/mol. The Morgan fingerprint density at radius 2 is 1.00 bits per heavy atom. The summed E-state index contributed by atoms with van der Waals surface area (Å²) < 4.78 is 0. The zero-order valence-corrected chi connectivity index (χ0v) is 13.6. The largest absolute Gasteiger partial charge is 0.300 e. The van der Waals surface area contributed by atoms with Crippen molar-refractivity contribution in [3.63, 3.8) is 0 Å². The molecule has 0 radical (unpaired) electrons. The van der Waals surface area contributed by atoms with Crippen LogP contribution in [-0.4, -0.2) is 11.6 Å².